The van der Waals surface area contributed by atoms with Crippen molar-refractivity contribution in [1.29, 1.82) is 0 Å². The molecule has 126 valence electrons. The van der Waals surface area contributed by atoms with Crippen molar-refractivity contribution in [3.63, 3.8) is 0 Å². The number of nitrogen functional groups attached to an aromatic ring is 1. The number of nitrogens with one attached hydrogen (secondary N) is 1. The number of amides is 2. The zero-order valence-corrected chi connectivity index (χ0v) is 13.6. The van der Waals surface area contributed by atoms with Crippen molar-refractivity contribution >= 4 is 17.8 Å². The molecule has 0 aliphatic carbocycles. The maximum absolute atomic E-state index is 12.4. The molecule has 0 spiro atoms. The number of nitrogens with zero attached hydrogens (tertiary/aromatic N) is 3. The summed E-state index contributed by atoms with van der Waals surface area (Å²) in [5.41, 5.74) is 11.9. The number of piperidine rings is 1. The Hall–Kier alpha value is -2.22. The first-order chi connectivity index (χ1) is 10.8. The minimum atomic E-state index is -0.329. The summed E-state index contributed by atoms with van der Waals surface area (Å²) in [7, 11) is 0. The van der Waals surface area contributed by atoms with Crippen LogP contribution in [0.4, 0.5) is 5.95 Å². The average Bonchev–Trinajstić information content (AvgIpc) is 2.48. The van der Waals surface area contributed by atoms with Gasteiger partial charge in [-0.2, -0.15) is 0 Å². The van der Waals surface area contributed by atoms with Gasteiger partial charge in [0, 0.05) is 24.8 Å². The van der Waals surface area contributed by atoms with E-state index < -0.39 is 0 Å². The molecule has 2 heterocycles. The van der Waals surface area contributed by atoms with E-state index in [-0.39, 0.29) is 36.3 Å². The summed E-state index contributed by atoms with van der Waals surface area (Å²) in [4.78, 5) is 33.4. The fraction of sp³-hybridized carbons (Fsp3) is 0.600. The Morgan fingerprint density at radius 2 is 2.00 bits per heavy atom. The van der Waals surface area contributed by atoms with E-state index in [1.54, 1.807) is 6.07 Å². The highest BCUT2D eigenvalue weighted by atomic mass is 16.2. The summed E-state index contributed by atoms with van der Waals surface area (Å²) in [6, 6.07) is 1.74. The van der Waals surface area contributed by atoms with Crippen molar-refractivity contribution in [2.24, 2.45) is 5.73 Å². The highest BCUT2D eigenvalue weighted by molar-refractivity contribution is 5.92. The van der Waals surface area contributed by atoms with E-state index in [9.17, 15) is 9.59 Å². The van der Waals surface area contributed by atoms with Crippen LogP contribution in [-0.4, -0.2) is 52.4 Å². The number of nitrogens with two attached hydrogens (primary N) is 2. The largest absolute Gasteiger partial charge is 0.369 e. The van der Waals surface area contributed by atoms with Crippen molar-refractivity contribution in [2.45, 2.75) is 38.6 Å². The predicted octanol–water partition coefficient (Wildman–Crippen LogP) is -0.138. The molecule has 5 N–H and O–H groups in total. The SMILES string of the molecule is CC(C)c1cc(C(=O)NC2CCN(CC(N)=O)CC2)nc(N)n1. The standard InChI is InChI=1S/C15H24N6O2/c1-9(2)11-7-12(20-15(17)19-11)14(23)18-10-3-5-21(6-4-10)8-13(16)22/h7,9-10H,3-6,8H2,1-2H3,(H2,16,22)(H,18,23)(H2,17,19,20). The molecule has 0 atom stereocenters. The third kappa shape index (κ3) is 4.88. The van der Waals surface area contributed by atoms with Crippen molar-refractivity contribution in [3.05, 3.63) is 17.5 Å². The van der Waals surface area contributed by atoms with Crippen molar-refractivity contribution in [1.82, 2.24) is 20.2 Å². The lowest BCUT2D eigenvalue weighted by atomic mass is 10.0. The third-order valence-electron chi connectivity index (χ3n) is 3.89. The molecule has 0 unspecified atom stereocenters. The molecule has 2 amide bonds. The summed E-state index contributed by atoms with van der Waals surface area (Å²) in [5.74, 6) is -0.291. The maximum Gasteiger partial charge on any atom is 0.270 e. The van der Waals surface area contributed by atoms with Gasteiger partial charge in [0.05, 0.1) is 6.54 Å². The fourth-order valence-corrected chi connectivity index (χ4v) is 2.61. The summed E-state index contributed by atoms with van der Waals surface area (Å²) >= 11 is 0. The topological polar surface area (TPSA) is 127 Å². The van der Waals surface area contributed by atoms with Crippen LogP contribution in [0.5, 0.6) is 0 Å². The minimum absolute atomic E-state index is 0.0605. The molecule has 1 aliphatic heterocycles. The number of hydrogen-bond acceptors (Lipinski definition) is 6. The fourth-order valence-electron chi connectivity index (χ4n) is 2.61. The predicted molar refractivity (Wildman–Crippen MR) is 86.7 cm³/mol. The van der Waals surface area contributed by atoms with Gasteiger partial charge >= 0.3 is 0 Å². The van der Waals surface area contributed by atoms with Crippen LogP contribution < -0.4 is 16.8 Å². The Labute approximate surface area is 135 Å². The summed E-state index contributed by atoms with van der Waals surface area (Å²) in [5, 5.41) is 2.97. The minimum Gasteiger partial charge on any atom is -0.369 e. The van der Waals surface area contributed by atoms with E-state index in [2.05, 4.69) is 15.3 Å². The maximum atomic E-state index is 12.4. The van der Waals surface area contributed by atoms with Crippen LogP contribution in [0.2, 0.25) is 0 Å². The van der Waals surface area contributed by atoms with Gasteiger partial charge < -0.3 is 16.8 Å². The monoisotopic (exact) mass is 320 g/mol. The third-order valence-corrected chi connectivity index (χ3v) is 3.89. The van der Waals surface area contributed by atoms with Crippen molar-refractivity contribution < 1.29 is 9.59 Å². The van der Waals surface area contributed by atoms with E-state index in [0.29, 0.717) is 5.69 Å². The Kier molecular flexibility index (Phi) is 5.49. The van der Waals surface area contributed by atoms with Crippen LogP contribution in [0, 0.1) is 0 Å². The second kappa shape index (κ2) is 7.36. The first-order valence-corrected chi connectivity index (χ1v) is 7.81. The number of likely N-dealkylation sites (tertiary alicyclic amines) is 1. The van der Waals surface area contributed by atoms with E-state index >= 15 is 0 Å². The first kappa shape index (κ1) is 17.1. The highest BCUT2D eigenvalue weighted by Crippen LogP contribution is 2.15. The van der Waals surface area contributed by atoms with Crippen LogP contribution in [0.3, 0.4) is 0 Å². The molecule has 1 aromatic heterocycles. The quantitative estimate of drug-likeness (QED) is 0.693. The second-order valence-corrected chi connectivity index (χ2v) is 6.18. The van der Waals surface area contributed by atoms with Crippen LogP contribution in [0.25, 0.3) is 0 Å². The highest BCUT2D eigenvalue weighted by Gasteiger charge is 2.22. The first-order valence-electron chi connectivity index (χ1n) is 7.81. The molecule has 1 aromatic rings. The average molecular weight is 320 g/mol. The number of hydrogen-bond donors (Lipinski definition) is 3. The Bertz CT molecular complexity index is 581. The Morgan fingerprint density at radius 1 is 1.35 bits per heavy atom. The number of carbonyl (C=O) groups is 2. The van der Waals surface area contributed by atoms with Crippen LogP contribution in [-0.2, 0) is 4.79 Å². The van der Waals surface area contributed by atoms with Crippen LogP contribution >= 0.6 is 0 Å². The van der Waals surface area contributed by atoms with Gasteiger partial charge in [-0.25, -0.2) is 9.97 Å². The lowest BCUT2D eigenvalue weighted by molar-refractivity contribution is -0.119. The normalized spacial score (nSPS) is 16.5. The number of aromatic nitrogens is 2. The smallest absolute Gasteiger partial charge is 0.270 e. The van der Waals surface area contributed by atoms with Gasteiger partial charge in [0.25, 0.3) is 5.91 Å². The molecular formula is C15H24N6O2. The van der Waals surface area contributed by atoms with Gasteiger partial charge in [-0.05, 0) is 24.8 Å². The van der Waals surface area contributed by atoms with E-state index in [4.69, 9.17) is 11.5 Å². The van der Waals surface area contributed by atoms with Crippen molar-refractivity contribution in [3.8, 4) is 0 Å². The Morgan fingerprint density at radius 3 is 2.57 bits per heavy atom. The summed E-state index contributed by atoms with van der Waals surface area (Å²) in [6.45, 7) is 5.70. The van der Waals surface area contributed by atoms with Gasteiger partial charge in [-0.3, -0.25) is 14.5 Å². The molecule has 1 aliphatic rings. The summed E-state index contributed by atoms with van der Waals surface area (Å²) in [6.07, 6.45) is 1.55. The number of carbonyl (C=O) groups excluding carboxylic acids is 2. The number of anilines is 1. The molecule has 1 fully saturated rings. The van der Waals surface area contributed by atoms with E-state index in [1.807, 2.05) is 18.7 Å². The van der Waals surface area contributed by atoms with E-state index in [1.165, 1.54) is 0 Å². The second-order valence-electron chi connectivity index (χ2n) is 6.18. The molecule has 0 aromatic carbocycles. The molecule has 8 nitrogen and oxygen atoms in total. The lowest BCUT2D eigenvalue weighted by Gasteiger charge is -2.31. The van der Waals surface area contributed by atoms with Crippen LogP contribution in [0.15, 0.2) is 6.07 Å². The molecular weight excluding hydrogens is 296 g/mol. The number of primary amides is 1. The van der Waals surface area contributed by atoms with Gasteiger partial charge in [0.1, 0.15) is 5.69 Å². The van der Waals surface area contributed by atoms with E-state index in [0.717, 1.165) is 31.6 Å². The molecule has 23 heavy (non-hydrogen) atoms. The van der Waals surface area contributed by atoms with Gasteiger partial charge in [0.15, 0.2) is 0 Å². The Balaban J connectivity index is 1.94. The molecule has 2 rings (SSSR count). The molecule has 1 saturated heterocycles. The molecule has 8 heteroatoms. The molecule has 0 bridgehead atoms. The zero-order valence-electron chi connectivity index (χ0n) is 13.6. The van der Waals surface area contributed by atoms with Crippen molar-refractivity contribution in [2.75, 3.05) is 25.4 Å². The van der Waals surface area contributed by atoms with Gasteiger partial charge in [-0.1, -0.05) is 13.8 Å². The lowest BCUT2D eigenvalue weighted by Crippen LogP contribution is -2.46. The molecule has 0 radical (unpaired) electrons. The summed E-state index contributed by atoms with van der Waals surface area (Å²) < 4.78 is 0. The number of rotatable bonds is 5. The van der Waals surface area contributed by atoms with Gasteiger partial charge in [0.2, 0.25) is 11.9 Å². The zero-order chi connectivity index (χ0) is 17.0. The molecule has 0 saturated carbocycles. The van der Waals surface area contributed by atoms with Crippen LogP contribution in [0.1, 0.15) is 48.8 Å². The van der Waals surface area contributed by atoms with Gasteiger partial charge in [-0.15, -0.1) is 0 Å².